The highest BCUT2D eigenvalue weighted by Crippen LogP contribution is 2.33. The van der Waals surface area contributed by atoms with Crippen LogP contribution in [-0.2, 0) is 0 Å². The molecule has 0 atom stereocenters. The highest BCUT2D eigenvalue weighted by atomic mass is 35.5. The minimum absolute atomic E-state index is 0. The van der Waals surface area contributed by atoms with Gasteiger partial charge in [-0.1, -0.05) is 5.16 Å². The maximum Gasteiger partial charge on any atom is 0.258 e. The van der Waals surface area contributed by atoms with Crippen LogP contribution in [0.25, 0.3) is 11.5 Å². The van der Waals surface area contributed by atoms with Gasteiger partial charge in [0.05, 0.1) is 0 Å². The van der Waals surface area contributed by atoms with Crippen LogP contribution in [0.15, 0.2) is 16.7 Å². The van der Waals surface area contributed by atoms with Crippen molar-refractivity contribution < 1.29 is 4.52 Å². The van der Waals surface area contributed by atoms with Crippen LogP contribution in [0.4, 0.5) is 11.4 Å². The second-order valence-electron chi connectivity index (χ2n) is 7.53. The Balaban J connectivity index is 0.00000225. The maximum atomic E-state index is 5.45. The molecule has 7 nitrogen and oxygen atoms in total. The molecule has 0 saturated carbocycles. The topological polar surface area (TPSA) is 69.5 Å². The first-order chi connectivity index (χ1) is 13.2. The zero-order chi connectivity index (χ0) is 18.6. The number of aryl methyl sites for hydroxylation is 1. The summed E-state index contributed by atoms with van der Waals surface area (Å²) >= 11 is 0. The van der Waals surface area contributed by atoms with Crippen LogP contribution in [0, 0.1) is 13.8 Å². The molecule has 0 radical (unpaired) electrons. The summed E-state index contributed by atoms with van der Waals surface area (Å²) in [5.74, 6) is 1.25. The molecule has 0 unspecified atom stereocenters. The molecule has 2 saturated heterocycles. The zero-order valence-electron chi connectivity index (χ0n) is 16.8. The molecule has 3 heterocycles. The van der Waals surface area contributed by atoms with Crippen molar-refractivity contribution in [2.24, 2.45) is 0 Å². The lowest BCUT2D eigenvalue weighted by Crippen LogP contribution is -2.43. The van der Waals surface area contributed by atoms with Crippen molar-refractivity contribution in [2.45, 2.75) is 26.7 Å². The highest BCUT2D eigenvalue weighted by molar-refractivity contribution is 5.85. The van der Waals surface area contributed by atoms with E-state index in [0.29, 0.717) is 11.7 Å². The Bertz CT molecular complexity index is 768. The molecule has 0 bridgehead atoms. The number of hydrogen-bond acceptors (Lipinski definition) is 7. The number of halogens is 1. The number of aromatic nitrogens is 2. The number of benzene rings is 1. The first-order valence-electron chi connectivity index (χ1n) is 10.1. The first kappa shape index (κ1) is 20.9. The summed E-state index contributed by atoms with van der Waals surface area (Å²) in [6.45, 7) is 12.6. The van der Waals surface area contributed by atoms with E-state index < -0.39 is 0 Å². The van der Waals surface area contributed by atoms with Crippen molar-refractivity contribution in [1.82, 2.24) is 20.4 Å². The van der Waals surface area contributed by atoms with Gasteiger partial charge in [-0.3, -0.25) is 0 Å². The molecule has 4 rings (SSSR count). The van der Waals surface area contributed by atoms with Crippen molar-refractivity contribution in [3.8, 4) is 11.5 Å². The van der Waals surface area contributed by atoms with Gasteiger partial charge in [0.15, 0.2) is 5.82 Å². The molecule has 2 aliphatic heterocycles. The molecule has 0 aliphatic carbocycles. The second kappa shape index (κ2) is 9.58. The van der Waals surface area contributed by atoms with Crippen molar-refractivity contribution in [2.75, 3.05) is 62.6 Å². The third-order valence-corrected chi connectivity index (χ3v) is 5.55. The van der Waals surface area contributed by atoms with E-state index in [2.05, 4.69) is 49.6 Å². The quantitative estimate of drug-likeness (QED) is 0.764. The van der Waals surface area contributed by atoms with E-state index in [1.165, 1.54) is 37.2 Å². The lowest BCUT2D eigenvalue weighted by Gasteiger charge is -2.32. The summed E-state index contributed by atoms with van der Waals surface area (Å²) < 4.78 is 5.45. The van der Waals surface area contributed by atoms with Gasteiger partial charge in [0.2, 0.25) is 0 Å². The van der Waals surface area contributed by atoms with E-state index in [0.717, 1.165) is 50.5 Å². The Morgan fingerprint density at radius 1 is 1.11 bits per heavy atom. The van der Waals surface area contributed by atoms with Gasteiger partial charge >= 0.3 is 0 Å². The van der Waals surface area contributed by atoms with Crippen molar-refractivity contribution >= 4 is 23.8 Å². The molecule has 2 N–H and O–H groups in total. The first-order valence-corrected chi connectivity index (χ1v) is 10.1. The number of anilines is 2. The number of hydrogen-bond donors (Lipinski definition) is 2. The van der Waals surface area contributed by atoms with Gasteiger partial charge in [-0.15, -0.1) is 12.4 Å². The Morgan fingerprint density at radius 3 is 2.54 bits per heavy atom. The van der Waals surface area contributed by atoms with E-state index in [1.54, 1.807) is 0 Å². The number of likely N-dealkylation sites (tertiary alicyclic amines) is 1. The van der Waals surface area contributed by atoms with Gasteiger partial charge in [-0.25, -0.2) is 0 Å². The molecular weight excluding hydrogens is 376 g/mol. The summed E-state index contributed by atoms with van der Waals surface area (Å²) in [5.41, 5.74) is 4.70. The minimum Gasteiger partial charge on any atom is -0.383 e. The Labute approximate surface area is 173 Å². The monoisotopic (exact) mass is 406 g/mol. The molecule has 0 amide bonds. The van der Waals surface area contributed by atoms with E-state index >= 15 is 0 Å². The Kier molecular flexibility index (Phi) is 7.15. The van der Waals surface area contributed by atoms with Crippen molar-refractivity contribution in [3.63, 3.8) is 0 Å². The van der Waals surface area contributed by atoms with Crippen LogP contribution in [-0.4, -0.2) is 67.4 Å². The standard InChI is InChI=1S/C20H30N6O.ClH/c1-15-18(22-7-10-25-8-3-4-9-25)13-17(20-23-16(2)24-27-20)14-19(15)26-11-5-21-6-12-26;/h13-14,21-22H,3-12H2,1-2H3;1H. The van der Waals surface area contributed by atoms with Gasteiger partial charge in [0, 0.05) is 56.2 Å². The number of rotatable bonds is 6. The smallest absolute Gasteiger partial charge is 0.258 e. The molecule has 8 heteroatoms. The van der Waals surface area contributed by atoms with Gasteiger partial charge < -0.3 is 25.0 Å². The fourth-order valence-corrected chi connectivity index (χ4v) is 4.01. The lowest BCUT2D eigenvalue weighted by molar-refractivity contribution is 0.352. The molecule has 2 aliphatic rings. The summed E-state index contributed by atoms with van der Waals surface area (Å²) in [4.78, 5) is 9.42. The van der Waals surface area contributed by atoms with Gasteiger partial charge in [0.25, 0.3) is 5.89 Å². The van der Waals surface area contributed by atoms with Crippen LogP contribution < -0.4 is 15.5 Å². The number of nitrogens with one attached hydrogen (secondary N) is 2. The summed E-state index contributed by atoms with van der Waals surface area (Å²) in [6, 6.07) is 4.34. The summed E-state index contributed by atoms with van der Waals surface area (Å²) in [5, 5.41) is 11.1. The predicted molar refractivity (Wildman–Crippen MR) is 116 cm³/mol. The zero-order valence-corrected chi connectivity index (χ0v) is 17.6. The lowest BCUT2D eigenvalue weighted by atomic mass is 10.0. The average Bonchev–Trinajstić information content (AvgIpc) is 3.36. The van der Waals surface area contributed by atoms with Crippen LogP contribution in [0.2, 0.25) is 0 Å². The number of piperazine rings is 1. The minimum atomic E-state index is 0. The van der Waals surface area contributed by atoms with E-state index in [1.807, 2.05) is 6.92 Å². The normalized spacial score (nSPS) is 17.6. The van der Waals surface area contributed by atoms with E-state index in [9.17, 15) is 0 Å². The third kappa shape index (κ3) is 4.77. The predicted octanol–water partition coefficient (Wildman–Crippen LogP) is 2.69. The SMILES string of the molecule is Cc1noc(-c2cc(NCCN3CCCC3)c(C)c(N3CCNCC3)c2)n1.Cl. The molecule has 2 aromatic rings. The van der Waals surface area contributed by atoms with Gasteiger partial charge in [-0.05, 0) is 57.5 Å². The molecule has 1 aromatic carbocycles. The van der Waals surface area contributed by atoms with E-state index in [-0.39, 0.29) is 12.4 Å². The maximum absolute atomic E-state index is 5.45. The molecule has 154 valence electrons. The van der Waals surface area contributed by atoms with Crippen molar-refractivity contribution in [3.05, 3.63) is 23.5 Å². The molecular formula is C20H31ClN6O. The molecule has 0 spiro atoms. The number of nitrogens with zero attached hydrogens (tertiary/aromatic N) is 4. The van der Waals surface area contributed by atoms with Gasteiger partial charge in [0.1, 0.15) is 0 Å². The fraction of sp³-hybridized carbons (Fsp3) is 0.600. The fourth-order valence-electron chi connectivity index (χ4n) is 4.01. The Morgan fingerprint density at radius 2 is 1.86 bits per heavy atom. The van der Waals surface area contributed by atoms with Gasteiger partial charge in [-0.2, -0.15) is 4.98 Å². The van der Waals surface area contributed by atoms with Crippen LogP contribution in [0.5, 0.6) is 0 Å². The molecule has 28 heavy (non-hydrogen) atoms. The summed E-state index contributed by atoms with van der Waals surface area (Å²) in [7, 11) is 0. The van der Waals surface area contributed by atoms with Crippen LogP contribution in [0.1, 0.15) is 24.2 Å². The van der Waals surface area contributed by atoms with Crippen LogP contribution >= 0.6 is 12.4 Å². The molecule has 1 aromatic heterocycles. The Hall–Kier alpha value is -1.83. The van der Waals surface area contributed by atoms with Crippen LogP contribution in [0.3, 0.4) is 0 Å². The second-order valence-corrected chi connectivity index (χ2v) is 7.53. The average molecular weight is 407 g/mol. The van der Waals surface area contributed by atoms with E-state index in [4.69, 9.17) is 4.52 Å². The van der Waals surface area contributed by atoms with Crippen molar-refractivity contribution in [1.29, 1.82) is 0 Å². The molecule has 2 fully saturated rings. The highest BCUT2D eigenvalue weighted by Gasteiger charge is 2.19. The summed E-state index contributed by atoms with van der Waals surface area (Å²) in [6.07, 6.45) is 2.66. The third-order valence-electron chi connectivity index (χ3n) is 5.55. The largest absolute Gasteiger partial charge is 0.383 e.